The Labute approximate surface area is 126 Å². The molecule has 1 atom stereocenters. The molecule has 0 saturated heterocycles. The number of carboxylic acids is 1. The van der Waals surface area contributed by atoms with E-state index in [0.717, 1.165) is 6.07 Å². The summed E-state index contributed by atoms with van der Waals surface area (Å²) in [4.78, 5) is 21.3. The van der Waals surface area contributed by atoms with Crippen LogP contribution in [-0.4, -0.2) is 29.7 Å². The minimum Gasteiger partial charge on any atom is -0.480 e. The van der Waals surface area contributed by atoms with E-state index in [4.69, 9.17) is 16.7 Å². The minimum absolute atomic E-state index is 0.0827. The zero-order chi connectivity index (χ0) is 16.4. The molecule has 0 radical (unpaired) electrons. The molecule has 1 aromatic carbocycles. The number of benzene rings is 1. The first-order chi connectivity index (χ1) is 9.58. The Morgan fingerprint density at radius 1 is 1.43 bits per heavy atom. The summed E-state index contributed by atoms with van der Waals surface area (Å²) in [5, 5.41) is 18.3. The average molecular weight is 336 g/mol. The van der Waals surface area contributed by atoms with Crippen molar-refractivity contribution in [2.45, 2.75) is 24.9 Å². The number of carboxylic acid groups (broad SMARTS) is 1. The molecule has 116 valence electrons. The summed E-state index contributed by atoms with van der Waals surface area (Å²) < 4.78 is 24.5. The molecule has 1 aromatic rings. The van der Waals surface area contributed by atoms with Crippen molar-refractivity contribution >= 4 is 33.1 Å². The number of nitro benzene ring substituents is 1. The summed E-state index contributed by atoms with van der Waals surface area (Å²) in [5.41, 5.74) is -0.643. The van der Waals surface area contributed by atoms with Crippen LogP contribution in [0.3, 0.4) is 0 Å². The quantitative estimate of drug-likeness (QED) is 0.630. The van der Waals surface area contributed by atoms with Crippen molar-refractivity contribution in [1.82, 2.24) is 0 Å². The fourth-order valence-electron chi connectivity index (χ4n) is 2.01. The van der Waals surface area contributed by atoms with E-state index in [1.54, 1.807) is 0 Å². The van der Waals surface area contributed by atoms with Crippen LogP contribution in [0.1, 0.15) is 19.4 Å². The van der Waals surface area contributed by atoms with Gasteiger partial charge in [-0.25, -0.2) is 8.42 Å². The number of nitrogens with zero attached hydrogens (tertiary/aromatic N) is 1. The van der Waals surface area contributed by atoms with Gasteiger partial charge in [-0.1, -0.05) is 31.5 Å². The maximum Gasteiger partial charge on any atom is 0.322 e. The van der Waals surface area contributed by atoms with Crippen LogP contribution in [0, 0.1) is 16.0 Å². The number of halogens is 1. The third kappa shape index (κ3) is 3.92. The van der Waals surface area contributed by atoms with Crippen LogP contribution >= 0.6 is 11.6 Å². The van der Waals surface area contributed by atoms with E-state index >= 15 is 0 Å². The standard InChI is InChI=1S/C12H14ClNO6S/c1-7(2)11(12(15)16)21(19,20)6-8-9(13)4-3-5-10(8)14(17)18/h3-5,7,11H,6H2,1-2H3,(H,15,16). The lowest BCUT2D eigenvalue weighted by molar-refractivity contribution is -0.385. The molecule has 0 heterocycles. The number of nitro groups is 1. The van der Waals surface area contributed by atoms with E-state index in [1.807, 2.05) is 0 Å². The molecule has 0 aliphatic heterocycles. The second-order valence-electron chi connectivity index (χ2n) is 4.80. The van der Waals surface area contributed by atoms with Gasteiger partial charge in [0.25, 0.3) is 5.69 Å². The summed E-state index contributed by atoms with van der Waals surface area (Å²) in [6, 6.07) is 3.78. The zero-order valence-corrected chi connectivity index (χ0v) is 12.9. The Bertz CT molecular complexity index is 670. The number of hydrogen-bond donors (Lipinski definition) is 1. The Morgan fingerprint density at radius 2 is 2.00 bits per heavy atom. The maximum atomic E-state index is 12.2. The SMILES string of the molecule is CC(C)C(C(=O)O)S(=O)(=O)Cc1c(Cl)cccc1[N+](=O)[O-]. The molecule has 9 heteroatoms. The van der Waals surface area contributed by atoms with Gasteiger partial charge in [-0.2, -0.15) is 0 Å². The van der Waals surface area contributed by atoms with Gasteiger partial charge in [0.1, 0.15) is 0 Å². The van der Waals surface area contributed by atoms with E-state index in [9.17, 15) is 23.3 Å². The molecule has 21 heavy (non-hydrogen) atoms. The van der Waals surface area contributed by atoms with Crippen molar-refractivity contribution in [1.29, 1.82) is 0 Å². The van der Waals surface area contributed by atoms with E-state index in [1.165, 1.54) is 26.0 Å². The van der Waals surface area contributed by atoms with E-state index in [0.29, 0.717) is 0 Å². The first-order valence-electron chi connectivity index (χ1n) is 5.94. The van der Waals surface area contributed by atoms with Gasteiger partial charge in [-0.3, -0.25) is 14.9 Å². The van der Waals surface area contributed by atoms with Crippen molar-refractivity contribution in [3.63, 3.8) is 0 Å². The molecule has 0 aliphatic carbocycles. The zero-order valence-electron chi connectivity index (χ0n) is 11.3. The number of aliphatic carboxylic acids is 1. The van der Waals surface area contributed by atoms with E-state index in [2.05, 4.69) is 0 Å². The average Bonchev–Trinajstić information content (AvgIpc) is 2.29. The van der Waals surface area contributed by atoms with Gasteiger partial charge < -0.3 is 5.11 Å². The van der Waals surface area contributed by atoms with Crippen molar-refractivity contribution in [3.8, 4) is 0 Å². The van der Waals surface area contributed by atoms with E-state index < -0.39 is 43.3 Å². The molecule has 0 bridgehead atoms. The van der Waals surface area contributed by atoms with Gasteiger partial charge in [0.2, 0.25) is 0 Å². The molecule has 1 unspecified atom stereocenters. The molecule has 1 rings (SSSR count). The van der Waals surface area contributed by atoms with Crippen LogP contribution in [0.15, 0.2) is 18.2 Å². The Hall–Kier alpha value is -1.67. The molecule has 7 nitrogen and oxygen atoms in total. The second-order valence-corrected chi connectivity index (χ2v) is 7.33. The molecular weight excluding hydrogens is 322 g/mol. The van der Waals surface area contributed by atoms with Gasteiger partial charge in [0.05, 0.1) is 21.3 Å². The summed E-state index contributed by atoms with van der Waals surface area (Å²) in [7, 11) is -4.14. The predicted octanol–water partition coefficient (Wildman–Crippen LogP) is 2.27. The molecule has 0 aliphatic rings. The molecule has 0 aromatic heterocycles. The molecular formula is C12H14ClNO6S. The third-order valence-electron chi connectivity index (χ3n) is 2.87. The highest BCUT2D eigenvalue weighted by Gasteiger charge is 2.37. The lowest BCUT2D eigenvalue weighted by atomic mass is 10.1. The number of hydrogen-bond acceptors (Lipinski definition) is 5. The summed E-state index contributed by atoms with van der Waals surface area (Å²) in [6.07, 6.45) is 0. The largest absolute Gasteiger partial charge is 0.480 e. The van der Waals surface area contributed by atoms with Crippen LogP contribution in [0.25, 0.3) is 0 Å². The highest BCUT2D eigenvalue weighted by molar-refractivity contribution is 7.92. The molecule has 0 amide bonds. The van der Waals surface area contributed by atoms with E-state index in [-0.39, 0.29) is 10.6 Å². The lowest BCUT2D eigenvalue weighted by Crippen LogP contribution is -2.36. The summed E-state index contributed by atoms with van der Waals surface area (Å²) in [6.45, 7) is 2.91. The topological polar surface area (TPSA) is 115 Å². The van der Waals surface area contributed by atoms with Gasteiger partial charge in [-0.05, 0) is 12.0 Å². The maximum absolute atomic E-state index is 12.2. The molecule has 1 N–H and O–H groups in total. The highest BCUT2D eigenvalue weighted by Crippen LogP contribution is 2.30. The van der Waals surface area contributed by atoms with Gasteiger partial charge >= 0.3 is 5.97 Å². The Balaban J connectivity index is 3.33. The normalized spacial score (nSPS) is 13.1. The molecule has 0 fully saturated rings. The van der Waals surface area contributed by atoms with Crippen LogP contribution in [0.5, 0.6) is 0 Å². The van der Waals surface area contributed by atoms with Crippen LogP contribution in [-0.2, 0) is 20.4 Å². The third-order valence-corrected chi connectivity index (χ3v) is 5.44. The van der Waals surface area contributed by atoms with Gasteiger partial charge in [-0.15, -0.1) is 0 Å². The van der Waals surface area contributed by atoms with Crippen molar-refractivity contribution in [2.24, 2.45) is 5.92 Å². The molecule has 0 saturated carbocycles. The fraction of sp³-hybridized carbons (Fsp3) is 0.417. The smallest absolute Gasteiger partial charge is 0.322 e. The van der Waals surface area contributed by atoms with Crippen molar-refractivity contribution in [3.05, 3.63) is 38.9 Å². The second kappa shape index (κ2) is 6.40. The first kappa shape index (κ1) is 17.4. The monoisotopic (exact) mass is 335 g/mol. The fourth-order valence-corrected chi connectivity index (χ4v) is 4.34. The number of rotatable bonds is 6. The predicted molar refractivity (Wildman–Crippen MR) is 77.0 cm³/mol. The van der Waals surface area contributed by atoms with Gasteiger partial charge in [0, 0.05) is 6.07 Å². The Kier molecular flexibility index (Phi) is 5.30. The van der Waals surface area contributed by atoms with Crippen LogP contribution in [0.2, 0.25) is 5.02 Å². The highest BCUT2D eigenvalue weighted by atomic mass is 35.5. The Morgan fingerprint density at radius 3 is 2.43 bits per heavy atom. The van der Waals surface area contributed by atoms with Crippen LogP contribution in [0.4, 0.5) is 5.69 Å². The van der Waals surface area contributed by atoms with Crippen molar-refractivity contribution < 1.29 is 23.2 Å². The first-order valence-corrected chi connectivity index (χ1v) is 8.03. The number of carbonyl (C=O) groups is 1. The summed E-state index contributed by atoms with van der Waals surface area (Å²) >= 11 is 5.83. The lowest BCUT2D eigenvalue weighted by Gasteiger charge is -2.17. The van der Waals surface area contributed by atoms with Gasteiger partial charge in [0.15, 0.2) is 15.1 Å². The van der Waals surface area contributed by atoms with Crippen LogP contribution < -0.4 is 0 Å². The summed E-state index contributed by atoms with van der Waals surface area (Å²) in [5.74, 6) is -2.95. The van der Waals surface area contributed by atoms with Crippen molar-refractivity contribution in [2.75, 3.05) is 0 Å². The number of sulfone groups is 1. The minimum atomic E-state index is -4.14. The molecule has 0 spiro atoms.